The monoisotopic (exact) mass is 280 g/mol. The van der Waals surface area contributed by atoms with E-state index < -0.39 is 0 Å². The summed E-state index contributed by atoms with van der Waals surface area (Å²) in [6.07, 6.45) is 1.84. The summed E-state index contributed by atoms with van der Waals surface area (Å²) >= 11 is 0. The van der Waals surface area contributed by atoms with E-state index in [1.807, 2.05) is 32.0 Å². The van der Waals surface area contributed by atoms with E-state index in [0.29, 0.717) is 6.42 Å². The number of fused-ring (bicyclic) bond motifs is 1. The van der Waals surface area contributed by atoms with Crippen molar-refractivity contribution in [3.8, 4) is 12.1 Å². The molecular formula is C16H16N4O. The molecule has 1 aliphatic rings. The molecule has 0 aliphatic carbocycles. The number of rotatable bonds is 2. The van der Waals surface area contributed by atoms with Crippen LogP contribution in [0.3, 0.4) is 0 Å². The SMILES string of the molecule is CN1C(=O)CC(C)(C)c2cc(NC=C(C#N)C#N)ccc21. The van der Waals surface area contributed by atoms with Gasteiger partial charge >= 0.3 is 0 Å². The molecule has 5 heteroatoms. The summed E-state index contributed by atoms with van der Waals surface area (Å²) in [5, 5.41) is 20.4. The van der Waals surface area contributed by atoms with Gasteiger partial charge in [0.25, 0.3) is 0 Å². The molecule has 0 saturated carbocycles. The van der Waals surface area contributed by atoms with E-state index >= 15 is 0 Å². The molecule has 0 fully saturated rings. The fourth-order valence-electron chi connectivity index (χ4n) is 2.43. The highest BCUT2D eigenvalue weighted by Crippen LogP contribution is 2.40. The minimum absolute atomic E-state index is 0.0132. The molecule has 1 N–H and O–H groups in total. The Morgan fingerprint density at radius 2 is 2.05 bits per heavy atom. The van der Waals surface area contributed by atoms with Gasteiger partial charge in [-0.25, -0.2) is 0 Å². The van der Waals surface area contributed by atoms with Crippen molar-refractivity contribution < 1.29 is 4.79 Å². The zero-order valence-electron chi connectivity index (χ0n) is 12.3. The number of carbonyl (C=O) groups is 1. The lowest BCUT2D eigenvalue weighted by Crippen LogP contribution is -2.39. The van der Waals surface area contributed by atoms with Crippen molar-refractivity contribution in [2.75, 3.05) is 17.3 Å². The molecule has 1 heterocycles. The minimum Gasteiger partial charge on any atom is -0.360 e. The summed E-state index contributed by atoms with van der Waals surface area (Å²) < 4.78 is 0. The summed E-state index contributed by atoms with van der Waals surface area (Å²) in [4.78, 5) is 13.6. The maximum Gasteiger partial charge on any atom is 0.227 e. The number of hydrogen-bond donors (Lipinski definition) is 1. The molecule has 1 amide bonds. The van der Waals surface area contributed by atoms with Crippen molar-refractivity contribution in [3.05, 3.63) is 35.5 Å². The Morgan fingerprint density at radius 3 is 2.67 bits per heavy atom. The van der Waals surface area contributed by atoms with Crippen LogP contribution in [0.2, 0.25) is 0 Å². The molecule has 1 aromatic carbocycles. The lowest BCUT2D eigenvalue weighted by atomic mass is 9.77. The van der Waals surface area contributed by atoms with Crippen LogP contribution < -0.4 is 10.2 Å². The zero-order chi connectivity index (χ0) is 15.6. The summed E-state index contributed by atoms with van der Waals surface area (Å²) in [7, 11) is 1.77. The van der Waals surface area contributed by atoms with Crippen molar-refractivity contribution in [1.29, 1.82) is 10.5 Å². The van der Waals surface area contributed by atoms with Gasteiger partial charge in [-0.2, -0.15) is 10.5 Å². The molecule has 21 heavy (non-hydrogen) atoms. The highest BCUT2D eigenvalue weighted by atomic mass is 16.2. The molecule has 0 bridgehead atoms. The molecule has 2 rings (SSSR count). The van der Waals surface area contributed by atoms with E-state index in [-0.39, 0.29) is 16.9 Å². The number of nitrogens with zero attached hydrogens (tertiary/aromatic N) is 3. The van der Waals surface area contributed by atoms with Crippen LogP contribution >= 0.6 is 0 Å². The molecule has 0 aromatic heterocycles. The van der Waals surface area contributed by atoms with Gasteiger partial charge in [0.2, 0.25) is 5.91 Å². The number of allylic oxidation sites excluding steroid dienone is 1. The fourth-order valence-corrected chi connectivity index (χ4v) is 2.43. The van der Waals surface area contributed by atoms with Crippen LogP contribution in [0.15, 0.2) is 30.0 Å². The number of benzene rings is 1. The fraction of sp³-hybridized carbons (Fsp3) is 0.312. The van der Waals surface area contributed by atoms with Gasteiger partial charge in [-0.3, -0.25) is 4.79 Å². The third-order valence-electron chi connectivity index (χ3n) is 3.68. The second kappa shape index (κ2) is 5.30. The maximum atomic E-state index is 12.0. The van der Waals surface area contributed by atoms with E-state index in [1.54, 1.807) is 24.1 Å². The van der Waals surface area contributed by atoms with Gasteiger partial charge in [-0.05, 0) is 23.8 Å². The first-order valence-electron chi connectivity index (χ1n) is 6.57. The second-order valence-electron chi connectivity index (χ2n) is 5.67. The highest BCUT2D eigenvalue weighted by Gasteiger charge is 2.35. The normalized spacial score (nSPS) is 15.5. The summed E-state index contributed by atoms with van der Waals surface area (Å²) in [5.41, 5.74) is 2.52. The molecule has 106 valence electrons. The Hall–Kier alpha value is -2.79. The molecule has 5 nitrogen and oxygen atoms in total. The average Bonchev–Trinajstić information content (AvgIpc) is 2.45. The summed E-state index contributed by atoms with van der Waals surface area (Å²) in [6, 6.07) is 9.26. The quantitative estimate of drug-likeness (QED) is 0.844. The van der Waals surface area contributed by atoms with Crippen molar-refractivity contribution in [2.24, 2.45) is 0 Å². The van der Waals surface area contributed by atoms with Crippen LogP contribution in [0.25, 0.3) is 0 Å². The van der Waals surface area contributed by atoms with Gasteiger partial charge in [0.05, 0.1) is 0 Å². The first kappa shape index (κ1) is 14.6. The smallest absolute Gasteiger partial charge is 0.227 e. The predicted octanol–water partition coefficient (Wildman–Crippen LogP) is 2.67. The number of nitrogens with one attached hydrogen (secondary N) is 1. The zero-order valence-corrected chi connectivity index (χ0v) is 12.3. The number of nitriles is 2. The predicted molar refractivity (Wildman–Crippen MR) is 80.4 cm³/mol. The van der Waals surface area contributed by atoms with Crippen LogP contribution in [0, 0.1) is 22.7 Å². The van der Waals surface area contributed by atoms with Crippen LogP contribution in [-0.4, -0.2) is 13.0 Å². The van der Waals surface area contributed by atoms with Crippen LogP contribution in [0.5, 0.6) is 0 Å². The van der Waals surface area contributed by atoms with Gasteiger partial charge in [0, 0.05) is 36.5 Å². The van der Waals surface area contributed by atoms with Gasteiger partial charge in [0.1, 0.15) is 17.7 Å². The van der Waals surface area contributed by atoms with Crippen molar-refractivity contribution >= 4 is 17.3 Å². The third-order valence-corrected chi connectivity index (χ3v) is 3.68. The second-order valence-corrected chi connectivity index (χ2v) is 5.67. The standard InChI is InChI=1S/C16H16N4O/c1-16(2)7-15(21)20(3)14-5-4-12(6-13(14)16)19-10-11(8-17)9-18/h4-6,10,19H,7H2,1-3H3. The van der Waals surface area contributed by atoms with Gasteiger partial charge in [-0.15, -0.1) is 0 Å². The van der Waals surface area contributed by atoms with Crippen LogP contribution in [0.1, 0.15) is 25.8 Å². The van der Waals surface area contributed by atoms with Crippen LogP contribution in [0.4, 0.5) is 11.4 Å². The Kier molecular flexibility index (Phi) is 3.69. The van der Waals surface area contributed by atoms with E-state index in [2.05, 4.69) is 5.32 Å². The van der Waals surface area contributed by atoms with Crippen molar-refractivity contribution in [2.45, 2.75) is 25.7 Å². The number of amides is 1. The first-order chi connectivity index (χ1) is 9.89. The van der Waals surface area contributed by atoms with E-state index in [9.17, 15) is 4.79 Å². The van der Waals surface area contributed by atoms with Gasteiger partial charge in [0.15, 0.2) is 0 Å². The molecule has 0 radical (unpaired) electrons. The topological polar surface area (TPSA) is 79.9 Å². The molecule has 0 spiro atoms. The molecular weight excluding hydrogens is 264 g/mol. The van der Waals surface area contributed by atoms with Gasteiger partial charge in [-0.1, -0.05) is 13.8 Å². The highest BCUT2D eigenvalue weighted by molar-refractivity contribution is 5.97. The lowest BCUT2D eigenvalue weighted by Gasteiger charge is -2.37. The van der Waals surface area contributed by atoms with Crippen molar-refractivity contribution in [1.82, 2.24) is 0 Å². The maximum absolute atomic E-state index is 12.0. The Labute approximate surface area is 124 Å². The number of carbonyl (C=O) groups excluding carboxylic acids is 1. The molecule has 1 aromatic rings. The first-order valence-corrected chi connectivity index (χ1v) is 6.57. The van der Waals surface area contributed by atoms with Crippen LogP contribution in [-0.2, 0) is 10.2 Å². The van der Waals surface area contributed by atoms with Crippen molar-refractivity contribution in [3.63, 3.8) is 0 Å². The van der Waals surface area contributed by atoms with Gasteiger partial charge < -0.3 is 10.2 Å². The minimum atomic E-state index is -0.242. The van der Waals surface area contributed by atoms with E-state index in [0.717, 1.165) is 16.9 Å². The summed E-state index contributed by atoms with van der Waals surface area (Å²) in [6.45, 7) is 4.07. The lowest BCUT2D eigenvalue weighted by molar-refractivity contribution is -0.119. The average molecular weight is 280 g/mol. The Morgan fingerprint density at radius 1 is 1.38 bits per heavy atom. The number of hydrogen-bond acceptors (Lipinski definition) is 4. The van der Waals surface area contributed by atoms with E-state index in [1.165, 1.54) is 6.20 Å². The Bertz CT molecular complexity index is 688. The Balaban J connectivity index is 2.40. The molecule has 1 aliphatic heterocycles. The largest absolute Gasteiger partial charge is 0.360 e. The number of anilines is 2. The molecule has 0 unspecified atom stereocenters. The third kappa shape index (κ3) is 2.73. The molecule has 0 atom stereocenters. The molecule has 0 saturated heterocycles. The summed E-state index contributed by atoms with van der Waals surface area (Å²) in [5.74, 6) is 0.101. The van der Waals surface area contributed by atoms with E-state index in [4.69, 9.17) is 10.5 Å².